The molecule has 0 bridgehead atoms. The number of carboxylic acids is 1. The van der Waals surface area contributed by atoms with Crippen LogP contribution in [0.25, 0.3) is 0 Å². The lowest BCUT2D eigenvalue weighted by atomic mass is 10.1. The molecular weight excluding hydrogens is 262 g/mol. The van der Waals surface area contributed by atoms with Crippen molar-refractivity contribution >= 4 is 23.3 Å². The second kappa shape index (κ2) is 5.27. The molecule has 1 aromatic carbocycles. The van der Waals surface area contributed by atoms with E-state index in [1.54, 1.807) is 0 Å². The van der Waals surface area contributed by atoms with E-state index in [-0.39, 0.29) is 16.8 Å². The fraction of sp³-hybridized carbons (Fsp3) is 0. The number of H-pyrrole nitrogens is 1. The van der Waals surface area contributed by atoms with Crippen LogP contribution in [0, 0.1) is 0 Å². The second-order valence-corrected chi connectivity index (χ2v) is 4.01. The molecule has 0 fully saturated rings. The maximum absolute atomic E-state index is 12.0. The van der Waals surface area contributed by atoms with E-state index in [0.717, 1.165) is 6.07 Å². The van der Waals surface area contributed by atoms with Crippen molar-refractivity contribution < 1.29 is 14.7 Å². The van der Waals surface area contributed by atoms with Crippen molar-refractivity contribution in [3.05, 3.63) is 58.0 Å². The third-order valence-electron chi connectivity index (χ3n) is 2.56. The number of carbonyl (C=O) groups is 2. The van der Waals surface area contributed by atoms with Gasteiger partial charge in [-0.25, -0.2) is 4.79 Å². The Hall–Kier alpha value is -3.09. The van der Waals surface area contributed by atoms with Gasteiger partial charge in [0.15, 0.2) is 0 Å². The summed E-state index contributed by atoms with van der Waals surface area (Å²) in [7, 11) is 0. The summed E-state index contributed by atoms with van der Waals surface area (Å²) in [5, 5.41) is 11.5. The highest BCUT2D eigenvalue weighted by molar-refractivity contribution is 6.08. The lowest BCUT2D eigenvalue weighted by molar-refractivity contribution is 0.0698. The van der Waals surface area contributed by atoms with Crippen LogP contribution < -0.4 is 16.6 Å². The number of pyridine rings is 1. The highest BCUT2D eigenvalue weighted by atomic mass is 16.4. The standard InChI is InChI=1S/C13H11N3O4/c14-8-1-2-9(13(19)20)10(6-8)16-12(18)7-3-4-15-11(17)5-7/h1-6H,14H2,(H,15,17)(H,16,18)(H,19,20). The predicted octanol–water partition coefficient (Wildman–Crippen LogP) is 0.908. The number of aromatic nitrogens is 1. The van der Waals surface area contributed by atoms with Gasteiger partial charge in [0.25, 0.3) is 5.91 Å². The van der Waals surface area contributed by atoms with E-state index in [4.69, 9.17) is 10.8 Å². The minimum Gasteiger partial charge on any atom is -0.478 e. The number of carbonyl (C=O) groups excluding carboxylic acids is 1. The highest BCUT2D eigenvalue weighted by Crippen LogP contribution is 2.20. The number of rotatable bonds is 3. The van der Waals surface area contributed by atoms with E-state index < -0.39 is 17.4 Å². The molecule has 0 atom stereocenters. The number of nitrogens with two attached hydrogens (primary N) is 1. The van der Waals surface area contributed by atoms with Crippen molar-refractivity contribution in [3.8, 4) is 0 Å². The Balaban J connectivity index is 2.34. The fourth-order valence-electron chi connectivity index (χ4n) is 1.63. The number of anilines is 2. The molecule has 5 N–H and O–H groups in total. The van der Waals surface area contributed by atoms with Crippen LogP contribution in [-0.4, -0.2) is 22.0 Å². The number of benzene rings is 1. The van der Waals surface area contributed by atoms with Gasteiger partial charge in [0, 0.05) is 23.5 Å². The van der Waals surface area contributed by atoms with Crippen LogP contribution in [0.15, 0.2) is 41.3 Å². The summed E-state index contributed by atoms with van der Waals surface area (Å²) in [5.41, 5.74) is 5.56. The zero-order valence-corrected chi connectivity index (χ0v) is 10.2. The number of hydrogen-bond acceptors (Lipinski definition) is 4. The number of carboxylic acid groups (broad SMARTS) is 1. The van der Waals surface area contributed by atoms with Gasteiger partial charge in [-0.2, -0.15) is 0 Å². The molecule has 0 aliphatic rings. The third-order valence-corrected chi connectivity index (χ3v) is 2.56. The number of nitrogens with one attached hydrogen (secondary N) is 2. The first-order valence-corrected chi connectivity index (χ1v) is 5.60. The van der Waals surface area contributed by atoms with Gasteiger partial charge < -0.3 is 21.1 Å². The van der Waals surface area contributed by atoms with Gasteiger partial charge in [0.1, 0.15) is 0 Å². The van der Waals surface area contributed by atoms with E-state index in [1.807, 2.05) is 0 Å². The van der Waals surface area contributed by atoms with Crippen molar-refractivity contribution in [1.29, 1.82) is 0 Å². The molecule has 7 heteroatoms. The zero-order chi connectivity index (χ0) is 14.7. The van der Waals surface area contributed by atoms with Crippen LogP contribution in [-0.2, 0) is 0 Å². The average molecular weight is 273 g/mol. The molecule has 102 valence electrons. The first-order valence-electron chi connectivity index (χ1n) is 5.60. The van der Waals surface area contributed by atoms with Crippen molar-refractivity contribution in [1.82, 2.24) is 4.98 Å². The predicted molar refractivity (Wildman–Crippen MR) is 72.8 cm³/mol. The van der Waals surface area contributed by atoms with Gasteiger partial charge >= 0.3 is 5.97 Å². The summed E-state index contributed by atoms with van der Waals surface area (Å²) in [6.07, 6.45) is 1.33. The summed E-state index contributed by atoms with van der Waals surface area (Å²) < 4.78 is 0. The zero-order valence-electron chi connectivity index (χ0n) is 10.2. The van der Waals surface area contributed by atoms with Crippen LogP contribution in [0.3, 0.4) is 0 Å². The van der Waals surface area contributed by atoms with Crippen molar-refractivity contribution in [3.63, 3.8) is 0 Å². The van der Waals surface area contributed by atoms with Gasteiger partial charge in [-0.15, -0.1) is 0 Å². The monoisotopic (exact) mass is 273 g/mol. The Morgan fingerprint density at radius 1 is 1.20 bits per heavy atom. The molecule has 1 heterocycles. The molecule has 2 rings (SSSR count). The molecular formula is C13H11N3O4. The molecule has 0 spiro atoms. The Morgan fingerprint density at radius 3 is 2.60 bits per heavy atom. The van der Waals surface area contributed by atoms with E-state index in [1.165, 1.54) is 30.5 Å². The second-order valence-electron chi connectivity index (χ2n) is 4.01. The van der Waals surface area contributed by atoms with Gasteiger partial charge in [-0.3, -0.25) is 9.59 Å². The molecule has 2 aromatic rings. The van der Waals surface area contributed by atoms with Crippen LogP contribution in [0.1, 0.15) is 20.7 Å². The summed E-state index contributed by atoms with van der Waals surface area (Å²) >= 11 is 0. The van der Waals surface area contributed by atoms with Gasteiger partial charge in [0.05, 0.1) is 11.3 Å². The van der Waals surface area contributed by atoms with Crippen molar-refractivity contribution in [2.24, 2.45) is 0 Å². The molecule has 0 aliphatic carbocycles. The van der Waals surface area contributed by atoms with Crippen molar-refractivity contribution in [2.45, 2.75) is 0 Å². The summed E-state index contributed by atoms with van der Waals surface area (Å²) in [4.78, 5) is 36.5. The van der Waals surface area contributed by atoms with E-state index in [9.17, 15) is 14.4 Å². The molecule has 1 aromatic heterocycles. The molecule has 7 nitrogen and oxygen atoms in total. The number of amides is 1. The van der Waals surface area contributed by atoms with Crippen LogP contribution in [0.4, 0.5) is 11.4 Å². The van der Waals surface area contributed by atoms with E-state index in [0.29, 0.717) is 5.69 Å². The normalized spacial score (nSPS) is 10.0. The average Bonchev–Trinajstić information content (AvgIpc) is 2.38. The number of aromatic carboxylic acids is 1. The Bertz CT molecular complexity index is 736. The van der Waals surface area contributed by atoms with E-state index in [2.05, 4.69) is 10.3 Å². The molecule has 0 saturated carbocycles. The maximum atomic E-state index is 12.0. The van der Waals surface area contributed by atoms with Gasteiger partial charge in [0.2, 0.25) is 5.56 Å². The summed E-state index contributed by atoms with van der Waals surface area (Å²) in [6, 6.07) is 6.58. The van der Waals surface area contributed by atoms with Crippen LogP contribution in [0.2, 0.25) is 0 Å². The quantitative estimate of drug-likeness (QED) is 0.618. The largest absolute Gasteiger partial charge is 0.478 e. The van der Waals surface area contributed by atoms with Gasteiger partial charge in [-0.05, 0) is 24.3 Å². The number of nitrogen functional groups attached to an aromatic ring is 1. The topological polar surface area (TPSA) is 125 Å². The molecule has 20 heavy (non-hydrogen) atoms. The molecule has 0 radical (unpaired) electrons. The Kier molecular flexibility index (Phi) is 3.52. The van der Waals surface area contributed by atoms with Gasteiger partial charge in [-0.1, -0.05) is 0 Å². The number of hydrogen-bond donors (Lipinski definition) is 4. The van der Waals surface area contributed by atoms with Crippen LogP contribution in [0.5, 0.6) is 0 Å². The minimum atomic E-state index is -1.19. The molecule has 0 unspecified atom stereocenters. The molecule has 0 saturated heterocycles. The smallest absolute Gasteiger partial charge is 0.337 e. The Morgan fingerprint density at radius 2 is 1.95 bits per heavy atom. The molecule has 1 amide bonds. The highest BCUT2D eigenvalue weighted by Gasteiger charge is 2.14. The lowest BCUT2D eigenvalue weighted by Crippen LogP contribution is -2.17. The minimum absolute atomic E-state index is 0.0720. The van der Waals surface area contributed by atoms with Crippen molar-refractivity contribution in [2.75, 3.05) is 11.1 Å². The summed E-state index contributed by atoms with van der Waals surface area (Å²) in [5.74, 6) is -1.78. The van der Waals surface area contributed by atoms with Crippen LogP contribution >= 0.6 is 0 Å². The fourth-order valence-corrected chi connectivity index (χ4v) is 1.63. The molecule has 0 aliphatic heterocycles. The lowest BCUT2D eigenvalue weighted by Gasteiger charge is -2.09. The van der Waals surface area contributed by atoms with E-state index >= 15 is 0 Å². The first-order chi connectivity index (χ1) is 9.47. The maximum Gasteiger partial charge on any atom is 0.337 e. The SMILES string of the molecule is Nc1ccc(C(=O)O)c(NC(=O)c2cc[nH]c(=O)c2)c1. The summed E-state index contributed by atoms with van der Waals surface area (Å²) in [6.45, 7) is 0. The third kappa shape index (κ3) is 2.83. The Labute approximate surface area is 113 Å². The first kappa shape index (κ1) is 13.3. The number of aromatic amines is 1.